The molecule has 0 aliphatic heterocycles. The number of hydrogen-bond acceptors (Lipinski definition) is 4. The number of aromatic nitrogens is 2. The number of benzene rings is 1. The van der Waals surface area contributed by atoms with Crippen LogP contribution < -0.4 is 5.73 Å². The van der Waals surface area contributed by atoms with Crippen molar-refractivity contribution in [3.63, 3.8) is 0 Å². The second-order valence-electron chi connectivity index (χ2n) is 6.80. The fourth-order valence-corrected chi connectivity index (χ4v) is 2.96. The summed E-state index contributed by atoms with van der Waals surface area (Å²) in [5.41, 5.74) is 8.14. The summed E-state index contributed by atoms with van der Waals surface area (Å²) in [5, 5.41) is 4.20. The van der Waals surface area contributed by atoms with Crippen LogP contribution in [-0.4, -0.2) is 10.1 Å². The molecule has 3 rings (SSSR count). The van der Waals surface area contributed by atoms with E-state index in [4.69, 9.17) is 10.3 Å². The summed E-state index contributed by atoms with van der Waals surface area (Å²) in [5.74, 6) is 1.92. The molecule has 0 unspecified atom stereocenters. The van der Waals surface area contributed by atoms with E-state index in [2.05, 4.69) is 24.0 Å². The maximum absolute atomic E-state index is 5.61. The normalized spacial score (nSPS) is 18.8. The average Bonchev–Trinajstić information content (AvgIpc) is 2.97. The van der Waals surface area contributed by atoms with Crippen molar-refractivity contribution in [2.45, 2.75) is 52.0 Å². The first-order valence-electron chi connectivity index (χ1n) is 7.70. The van der Waals surface area contributed by atoms with Gasteiger partial charge in [-0.15, -0.1) is 0 Å². The van der Waals surface area contributed by atoms with E-state index in [1.165, 1.54) is 12.8 Å². The predicted octanol–water partition coefficient (Wildman–Crippen LogP) is 3.88. The molecule has 0 spiro atoms. The molecule has 1 aliphatic carbocycles. The first-order chi connectivity index (χ1) is 10.1. The van der Waals surface area contributed by atoms with Gasteiger partial charge in [-0.2, -0.15) is 4.98 Å². The summed E-state index contributed by atoms with van der Waals surface area (Å²) < 4.78 is 5.44. The van der Waals surface area contributed by atoms with Gasteiger partial charge in [-0.25, -0.2) is 0 Å². The van der Waals surface area contributed by atoms with Gasteiger partial charge in [0.25, 0.3) is 5.89 Å². The third-order valence-corrected chi connectivity index (χ3v) is 4.58. The lowest BCUT2D eigenvalue weighted by molar-refractivity contribution is 0.218. The Bertz CT molecular complexity index is 591. The summed E-state index contributed by atoms with van der Waals surface area (Å²) in [6.07, 6.45) is 4.76. The molecule has 1 aromatic heterocycles. The molecular weight excluding hydrogens is 262 g/mol. The second-order valence-corrected chi connectivity index (χ2v) is 6.80. The van der Waals surface area contributed by atoms with E-state index >= 15 is 0 Å². The molecule has 4 heteroatoms. The third-order valence-electron chi connectivity index (χ3n) is 4.58. The Morgan fingerprint density at radius 2 is 1.86 bits per heavy atom. The molecule has 0 saturated heterocycles. The van der Waals surface area contributed by atoms with Gasteiger partial charge in [-0.3, -0.25) is 0 Å². The number of rotatable bonds is 3. The standard InChI is InChI=1S/C17H23N3O/c1-17(2)9-7-13(8-10-17)15-19-16(21-20-15)14-5-3-12(11-18)4-6-14/h3-6,13H,7-11,18H2,1-2H3. The summed E-state index contributed by atoms with van der Waals surface area (Å²) >= 11 is 0. The number of nitrogens with two attached hydrogens (primary N) is 1. The monoisotopic (exact) mass is 285 g/mol. The van der Waals surface area contributed by atoms with Crippen LogP contribution in [0.5, 0.6) is 0 Å². The predicted molar refractivity (Wildman–Crippen MR) is 82.6 cm³/mol. The minimum absolute atomic E-state index is 0.443. The molecule has 1 fully saturated rings. The van der Waals surface area contributed by atoms with Crippen molar-refractivity contribution in [1.82, 2.24) is 10.1 Å². The maximum Gasteiger partial charge on any atom is 0.257 e. The molecule has 112 valence electrons. The van der Waals surface area contributed by atoms with Crippen LogP contribution in [-0.2, 0) is 6.54 Å². The zero-order chi connectivity index (χ0) is 14.9. The highest BCUT2D eigenvalue weighted by atomic mass is 16.5. The van der Waals surface area contributed by atoms with Crippen LogP contribution >= 0.6 is 0 Å². The Morgan fingerprint density at radius 1 is 1.19 bits per heavy atom. The molecular formula is C17H23N3O. The average molecular weight is 285 g/mol. The van der Waals surface area contributed by atoms with Gasteiger partial charge in [0, 0.05) is 18.0 Å². The van der Waals surface area contributed by atoms with Crippen molar-refractivity contribution in [2.24, 2.45) is 11.1 Å². The summed E-state index contributed by atoms with van der Waals surface area (Å²) in [6, 6.07) is 7.98. The van der Waals surface area contributed by atoms with Crippen LogP contribution in [0.4, 0.5) is 0 Å². The van der Waals surface area contributed by atoms with E-state index in [1.54, 1.807) is 0 Å². The highest BCUT2D eigenvalue weighted by Crippen LogP contribution is 2.41. The van der Waals surface area contributed by atoms with Crippen molar-refractivity contribution < 1.29 is 4.52 Å². The molecule has 1 aromatic carbocycles. The van der Waals surface area contributed by atoms with Crippen LogP contribution in [0.1, 0.15) is 56.8 Å². The largest absolute Gasteiger partial charge is 0.334 e. The molecule has 0 atom stereocenters. The van der Waals surface area contributed by atoms with Gasteiger partial charge in [-0.05, 0) is 48.8 Å². The lowest BCUT2D eigenvalue weighted by atomic mass is 9.73. The van der Waals surface area contributed by atoms with Gasteiger partial charge < -0.3 is 10.3 Å². The Hall–Kier alpha value is -1.68. The molecule has 0 bridgehead atoms. The molecule has 4 nitrogen and oxygen atoms in total. The van der Waals surface area contributed by atoms with E-state index in [0.29, 0.717) is 23.8 Å². The number of nitrogens with zero attached hydrogens (tertiary/aromatic N) is 2. The second kappa shape index (κ2) is 5.60. The van der Waals surface area contributed by atoms with Gasteiger partial charge in [0.2, 0.25) is 0 Å². The molecule has 1 heterocycles. The first-order valence-corrected chi connectivity index (χ1v) is 7.70. The van der Waals surface area contributed by atoms with Crippen molar-refractivity contribution in [3.05, 3.63) is 35.7 Å². The molecule has 2 aromatic rings. The summed E-state index contributed by atoms with van der Waals surface area (Å²) in [7, 11) is 0. The quantitative estimate of drug-likeness (QED) is 0.929. The van der Waals surface area contributed by atoms with Crippen molar-refractivity contribution in [2.75, 3.05) is 0 Å². The zero-order valence-corrected chi connectivity index (χ0v) is 12.8. The highest BCUT2D eigenvalue weighted by Gasteiger charge is 2.30. The van der Waals surface area contributed by atoms with Gasteiger partial charge >= 0.3 is 0 Å². The van der Waals surface area contributed by atoms with Crippen molar-refractivity contribution in [1.29, 1.82) is 0 Å². The van der Waals surface area contributed by atoms with E-state index in [0.717, 1.165) is 29.8 Å². The SMILES string of the molecule is CC1(C)CCC(c2noc(-c3ccc(CN)cc3)n2)CC1. The Labute approximate surface area is 125 Å². The topological polar surface area (TPSA) is 64.9 Å². The van der Waals surface area contributed by atoms with Gasteiger partial charge in [0.05, 0.1) is 0 Å². The lowest BCUT2D eigenvalue weighted by Gasteiger charge is -2.32. The van der Waals surface area contributed by atoms with Crippen molar-refractivity contribution in [3.8, 4) is 11.5 Å². The molecule has 21 heavy (non-hydrogen) atoms. The van der Waals surface area contributed by atoms with E-state index in [-0.39, 0.29) is 0 Å². The molecule has 1 aliphatic rings. The molecule has 0 radical (unpaired) electrons. The van der Waals surface area contributed by atoms with Crippen molar-refractivity contribution >= 4 is 0 Å². The van der Waals surface area contributed by atoms with Gasteiger partial charge in [0.15, 0.2) is 5.82 Å². The Balaban J connectivity index is 1.74. The molecule has 2 N–H and O–H groups in total. The van der Waals surface area contributed by atoms with E-state index in [1.807, 2.05) is 24.3 Å². The fraction of sp³-hybridized carbons (Fsp3) is 0.529. The van der Waals surface area contributed by atoms with Gasteiger partial charge in [0.1, 0.15) is 0 Å². The maximum atomic E-state index is 5.61. The Morgan fingerprint density at radius 3 is 2.48 bits per heavy atom. The van der Waals surface area contributed by atoms with Crippen LogP contribution in [0.2, 0.25) is 0 Å². The van der Waals surface area contributed by atoms with Crippen LogP contribution in [0.25, 0.3) is 11.5 Å². The summed E-state index contributed by atoms with van der Waals surface area (Å²) in [4.78, 5) is 4.60. The van der Waals surface area contributed by atoms with Gasteiger partial charge in [-0.1, -0.05) is 31.1 Å². The van der Waals surface area contributed by atoms with E-state index in [9.17, 15) is 0 Å². The Kier molecular flexibility index (Phi) is 3.81. The minimum atomic E-state index is 0.443. The molecule has 0 amide bonds. The summed E-state index contributed by atoms with van der Waals surface area (Å²) in [6.45, 7) is 5.22. The number of hydrogen-bond donors (Lipinski definition) is 1. The van der Waals surface area contributed by atoms with E-state index < -0.39 is 0 Å². The zero-order valence-electron chi connectivity index (χ0n) is 12.8. The lowest BCUT2D eigenvalue weighted by Crippen LogP contribution is -2.20. The highest BCUT2D eigenvalue weighted by molar-refractivity contribution is 5.53. The smallest absolute Gasteiger partial charge is 0.257 e. The third kappa shape index (κ3) is 3.16. The van der Waals surface area contributed by atoms with Crippen LogP contribution in [0.3, 0.4) is 0 Å². The first kappa shape index (κ1) is 14.3. The molecule has 1 saturated carbocycles. The van der Waals surface area contributed by atoms with Crippen LogP contribution in [0.15, 0.2) is 28.8 Å². The fourth-order valence-electron chi connectivity index (χ4n) is 2.96. The minimum Gasteiger partial charge on any atom is -0.334 e. The van der Waals surface area contributed by atoms with Crippen LogP contribution in [0, 0.1) is 5.41 Å².